The van der Waals surface area contributed by atoms with Crippen LogP contribution in [-0.4, -0.2) is 140 Å². The Kier molecular flexibility index (Phi) is 23.0. The van der Waals surface area contributed by atoms with E-state index in [9.17, 15) is 19.5 Å². The average Bonchev–Trinajstić information content (AvgIpc) is 3.28. The molecule has 0 unspecified atom stereocenters. The van der Waals surface area contributed by atoms with Crippen molar-refractivity contribution in [1.29, 1.82) is 0 Å². The van der Waals surface area contributed by atoms with Gasteiger partial charge in [-0.15, -0.1) is 0 Å². The molecule has 15 heteroatoms. The van der Waals surface area contributed by atoms with E-state index in [1.807, 2.05) is 34.9 Å². The van der Waals surface area contributed by atoms with E-state index in [0.717, 1.165) is 13.0 Å². The number of carbonyl (C=O) groups excluding carboxylic acids is 2. The van der Waals surface area contributed by atoms with E-state index in [1.165, 1.54) is 0 Å². The van der Waals surface area contributed by atoms with Gasteiger partial charge in [0.05, 0.1) is 12.2 Å². The number of aliphatic hydroxyl groups is 1. The van der Waals surface area contributed by atoms with Crippen LogP contribution >= 0.6 is 0 Å². The highest BCUT2D eigenvalue weighted by Gasteiger charge is 2.39. The second kappa shape index (κ2) is 22.8. The Labute approximate surface area is 279 Å². The quantitative estimate of drug-likeness (QED) is 0.0789. The van der Waals surface area contributed by atoms with Crippen molar-refractivity contribution >= 4 is 26.2 Å². The maximum absolute atomic E-state index is 11.7. The van der Waals surface area contributed by atoms with Crippen LogP contribution in [0.4, 0.5) is 0 Å². The van der Waals surface area contributed by atoms with E-state index in [0.29, 0.717) is 25.9 Å². The fourth-order valence-corrected chi connectivity index (χ4v) is 5.50. The zero-order valence-electron chi connectivity index (χ0n) is 31.1. The summed E-state index contributed by atoms with van der Waals surface area (Å²) in [7, 11) is 8.70. The number of aliphatic carboxylic acids is 1. The van der Waals surface area contributed by atoms with Crippen molar-refractivity contribution in [1.82, 2.24) is 31.9 Å². The molecule has 0 saturated carbocycles. The maximum Gasteiger partial charge on any atom is 0.323 e. The van der Waals surface area contributed by atoms with Crippen LogP contribution in [0.15, 0.2) is 0 Å². The summed E-state index contributed by atoms with van der Waals surface area (Å²) in [5.41, 5.74) is -0.500. The SMILES string of the molecule is CNC[C@@H](C[C@H](NC)C(=O)O)O[Si](C)(C)C(C)(C)C.CNC[C@H](O)C[C@H](NC)C(=O)OC(C)(C)C.CNC[C@H]1C[C@H](NC)C(=O)O1. The summed E-state index contributed by atoms with van der Waals surface area (Å²) in [4.78, 5) is 33.8. The van der Waals surface area contributed by atoms with Gasteiger partial charge in [0.15, 0.2) is 8.32 Å². The van der Waals surface area contributed by atoms with Gasteiger partial charge in [0.25, 0.3) is 0 Å². The van der Waals surface area contributed by atoms with Gasteiger partial charge in [0.2, 0.25) is 0 Å². The average molecular weight is 681 g/mol. The van der Waals surface area contributed by atoms with E-state index < -0.39 is 38.1 Å². The number of hydrogen-bond donors (Lipinski definition) is 8. The Bertz CT molecular complexity index is 869. The summed E-state index contributed by atoms with van der Waals surface area (Å²) in [6.07, 6.45) is 0.987. The summed E-state index contributed by atoms with van der Waals surface area (Å²) >= 11 is 0. The number of carboxylic acid groups (broad SMARTS) is 1. The molecule has 1 aliphatic heterocycles. The van der Waals surface area contributed by atoms with Crippen molar-refractivity contribution in [2.75, 3.05) is 61.9 Å². The van der Waals surface area contributed by atoms with Gasteiger partial charge in [-0.25, -0.2) is 0 Å². The molecule has 0 aromatic carbocycles. The Morgan fingerprint density at radius 3 is 1.83 bits per heavy atom. The van der Waals surface area contributed by atoms with Crippen molar-refractivity contribution in [2.45, 2.75) is 121 Å². The number of cyclic esters (lactones) is 1. The van der Waals surface area contributed by atoms with Crippen LogP contribution in [-0.2, 0) is 28.3 Å². The number of carbonyl (C=O) groups is 3. The lowest BCUT2D eigenvalue weighted by atomic mass is 10.1. The van der Waals surface area contributed by atoms with Crippen LogP contribution in [0.25, 0.3) is 0 Å². The number of nitrogens with one attached hydrogen (secondary N) is 6. The third kappa shape index (κ3) is 19.8. The van der Waals surface area contributed by atoms with Gasteiger partial charge in [0, 0.05) is 32.5 Å². The number of aliphatic hydroxyl groups excluding tert-OH is 1. The van der Waals surface area contributed by atoms with Crippen molar-refractivity contribution in [3.8, 4) is 0 Å². The minimum absolute atomic E-state index is 0.0462. The summed E-state index contributed by atoms with van der Waals surface area (Å²) in [5, 5.41) is 36.3. The molecule has 1 heterocycles. The molecule has 8 N–H and O–H groups in total. The Balaban J connectivity index is 0. The van der Waals surface area contributed by atoms with E-state index in [1.54, 1.807) is 28.2 Å². The summed E-state index contributed by atoms with van der Waals surface area (Å²) < 4.78 is 16.6. The molecule has 6 atom stereocenters. The zero-order valence-corrected chi connectivity index (χ0v) is 32.1. The number of likely N-dealkylation sites (N-methyl/N-ethyl adjacent to an activating group) is 6. The third-order valence-corrected chi connectivity index (χ3v) is 12.2. The second-order valence-corrected chi connectivity index (χ2v) is 18.7. The second-order valence-electron chi connectivity index (χ2n) is 14.0. The van der Waals surface area contributed by atoms with Gasteiger partial charge in [-0.1, -0.05) is 20.8 Å². The lowest BCUT2D eigenvalue weighted by molar-refractivity contribution is -0.158. The van der Waals surface area contributed by atoms with Gasteiger partial charge in [-0.3, -0.25) is 14.4 Å². The topological polar surface area (TPSA) is 192 Å². The summed E-state index contributed by atoms with van der Waals surface area (Å²) in [6.45, 7) is 18.2. The summed E-state index contributed by atoms with van der Waals surface area (Å²) in [5.74, 6) is -1.29. The van der Waals surface area contributed by atoms with Crippen molar-refractivity contribution < 1.29 is 38.5 Å². The minimum Gasteiger partial charge on any atom is -0.480 e. The van der Waals surface area contributed by atoms with E-state index in [2.05, 4.69) is 65.8 Å². The first-order valence-corrected chi connectivity index (χ1v) is 19.0. The smallest absolute Gasteiger partial charge is 0.323 e. The van der Waals surface area contributed by atoms with Crippen LogP contribution in [0, 0.1) is 0 Å². The lowest BCUT2D eigenvalue weighted by Gasteiger charge is -2.39. The first-order chi connectivity index (χ1) is 21.1. The van der Waals surface area contributed by atoms with Gasteiger partial charge < -0.3 is 56.0 Å². The Hall–Kier alpha value is -1.69. The Morgan fingerprint density at radius 2 is 1.46 bits per heavy atom. The maximum atomic E-state index is 11.7. The fraction of sp³-hybridized carbons (Fsp3) is 0.903. The summed E-state index contributed by atoms with van der Waals surface area (Å²) in [6, 6.07) is -1.14. The van der Waals surface area contributed by atoms with E-state index in [-0.39, 0.29) is 35.2 Å². The molecule has 1 saturated heterocycles. The highest BCUT2D eigenvalue weighted by Crippen LogP contribution is 2.37. The molecular formula is C31H68N6O8Si. The molecule has 1 rings (SSSR count). The molecule has 0 amide bonds. The van der Waals surface area contributed by atoms with Gasteiger partial charge in [0.1, 0.15) is 29.8 Å². The fourth-order valence-electron chi connectivity index (χ4n) is 4.14. The van der Waals surface area contributed by atoms with E-state index in [4.69, 9.17) is 19.0 Å². The van der Waals surface area contributed by atoms with Crippen LogP contribution in [0.3, 0.4) is 0 Å². The number of carboxylic acids is 1. The molecule has 0 aromatic rings. The highest BCUT2D eigenvalue weighted by atomic mass is 28.4. The van der Waals surface area contributed by atoms with Crippen molar-refractivity contribution in [3.63, 3.8) is 0 Å². The normalized spacial score (nSPS) is 19.4. The number of hydrogen-bond acceptors (Lipinski definition) is 13. The molecule has 274 valence electrons. The van der Waals surface area contributed by atoms with Crippen molar-refractivity contribution in [2.24, 2.45) is 0 Å². The molecular weight excluding hydrogens is 612 g/mol. The monoisotopic (exact) mass is 680 g/mol. The molecule has 0 aliphatic carbocycles. The predicted octanol–water partition coefficient (Wildman–Crippen LogP) is 0.655. The lowest BCUT2D eigenvalue weighted by Crippen LogP contribution is -2.49. The molecule has 14 nitrogen and oxygen atoms in total. The molecule has 1 aliphatic rings. The van der Waals surface area contributed by atoms with E-state index >= 15 is 0 Å². The largest absolute Gasteiger partial charge is 0.480 e. The number of ether oxygens (including phenoxy) is 2. The van der Waals surface area contributed by atoms with Gasteiger partial charge in [-0.05, 0) is 87.6 Å². The minimum atomic E-state index is -1.88. The molecule has 1 fully saturated rings. The first-order valence-electron chi connectivity index (χ1n) is 16.1. The molecule has 0 radical (unpaired) electrons. The number of esters is 2. The van der Waals surface area contributed by atoms with Crippen LogP contribution in [0.5, 0.6) is 0 Å². The predicted molar refractivity (Wildman–Crippen MR) is 186 cm³/mol. The first kappa shape index (κ1) is 46.4. The number of rotatable bonds is 17. The third-order valence-electron chi connectivity index (χ3n) is 7.68. The Morgan fingerprint density at radius 1 is 0.913 bits per heavy atom. The molecule has 0 spiro atoms. The van der Waals surface area contributed by atoms with Crippen LogP contribution in [0.1, 0.15) is 60.8 Å². The zero-order chi connectivity index (χ0) is 36.3. The molecule has 46 heavy (non-hydrogen) atoms. The standard InChI is InChI=1S/C13H30N2O3Si.C11H24N2O3.C7H14N2O2/c1-13(2,3)19(6,7)18-10(9-14-4)8-11(15-5)12(16)17;1-11(2,3)16-10(15)9(13-5)6-8(14)7-12-4;1-8-4-5-3-6(9-2)7(10)11-5/h10-11,14-15H,8-9H2,1-7H3,(H,16,17);8-9,12-14H,6-7H2,1-5H3;5-6,8-9H,3-4H2,1-2H3/t10-,11+;8-,9+;5-,6+/m111/s1. The van der Waals surface area contributed by atoms with Gasteiger partial charge >= 0.3 is 17.9 Å². The highest BCUT2D eigenvalue weighted by molar-refractivity contribution is 6.74. The van der Waals surface area contributed by atoms with Crippen molar-refractivity contribution in [3.05, 3.63) is 0 Å². The van der Waals surface area contributed by atoms with Crippen LogP contribution < -0.4 is 31.9 Å². The molecule has 0 bridgehead atoms. The van der Waals surface area contributed by atoms with Crippen LogP contribution in [0.2, 0.25) is 18.1 Å². The van der Waals surface area contributed by atoms with Gasteiger partial charge in [-0.2, -0.15) is 0 Å². The molecule has 0 aromatic heterocycles.